The lowest BCUT2D eigenvalue weighted by atomic mass is 10.0. The number of aryl methyl sites for hydroxylation is 1. The Hall–Kier alpha value is -1.39. The van der Waals surface area contributed by atoms with Crippen molar-refractivity contribution in [1.82, 2.24) is 4.90 Å². The van der Waals surface area contributed by atoms with E-state index in [1.165, 1.54) is 0 Å². The van der Waals surface area contributed by atoms with Gasteiger partial charge in [0.2, 0.25) is 0 Å². The first-order chi connectivity index (χ1) is 9.19. The van der Waals surface area contributed by atoms with Crippen LogP contribution in [0, 0.1) is 6.92 Å². The number of carbonyl (C=O) groups excluding carboxylic acids is 1. The van der Waals surface area contributed by atoms with E-state index in [9.17, 15) is 4.79 Å². The molecule has 0 unspecified atom stereocenters. The van der Waals surface area contributed by atoms with Crippen LogP contribution in [0.5, 0.6) is 0 Å². The third-order valence-corrected chi connectivity index (χ3v) is 3.78. The molecule has 3 rings (SSSR count). The Bertz CT molecular complexity index is 480. The molecule has 0 atom stereocenters. The zero-order chi connectivity index (χ0) is 13.3. The predicted octanol–water partition coefficient (Wildman–Crippen LogP) is 1.97. The summed E-state index contributed by atoms with van der Waals surface area (Å²) in [6.07, 6.45) is 1.81. The molecular formula is C15H19NO3. The smallest absolute Gasteiger partial charge is 0.254 e. The SMILES string of the molecule is Cc1cccc(C(=O)N2CCCC3(C2)OCCO3)c1. The van der Waals surface area contributed by atoms with E-state index < -0.39 is 5.79 Å². The fourth-order valence-electron chi connectivity index (χ4n) is 2.85. The van der Waals surface area contributed by atoms with Gasteiger partial charge in [-0.05, 0) is 25.5 Å². The Morgan fingerprint density at radius 1 is 1.32 bits per heavy atom. The Kier molecular flexibility index (Phi) is 3.29. The minimum atomic E-state index is -0.544. The van der Waals surface area contributed by atoms with Crippen LogP contribution in [0.1, 0.15) is 28.8 Å². The lowest BCUT2D eigenvalue weighted by Gasteiger charge is -2.38. The van der Waals surface area contributed by atoms with Gasteiger partial charge in [-0.25, -0.2) is 0 Å². The number of ether oxygens (including phenoxy) is 2. The Morgan fingerprint density at radius 3 is 2.84 bits per heavy atom. The summed E-state index contributed by atoms with van der Waals surface area (Å²) in [5.74, 6) is -0.473. The van der Waals surface area contributed by atoms with Crippen molar-refractivity contribution in [3.05, 3.63) is 35.4 Å². The summed E-state index contributed by atoms with van der Waals surface area (Å²) in [4.78, 5) is 14.4. The van der Waals surface area contributed by atoms with Gasteiger partial charge in [0.05, 0.1) is 19.8 Å². The molecule has 1 spiro atoms. The van der Waals surface area contributed by atoms with Crippen LogP contribution in [0.4, 0.5) is 0 Å². The molecule has 19 heavy (non-hydrogen) atoms. The first-order valence-corrected chi connectivity index (χ1v) is 6.82. The van der Waals surface area contributed by atoms with E-state index in [1.54, 1.807) is 0 Å². The lowest BCUT2D eigenvalue weighted by molar-refractivity contribution is -0.183. The molecule has 4 nitrogen and oxygen atoms in total. The lowest BCUT2D eigenvalue weighted by Crippen LogP contribution is -2.51. The van der Waals surface area contributed by atoms with Crippen LogP contribution in [0.15, 0.2) is 24.3 Å². The zero-order valence-corrected chi connectivity index (χ0v) is 11.2. The van der Waals surface area contributed by atoms with Crippen molar-refractivity contribution in [2.45, 2.75) is 25.6 Å². The van der Waals surface area contributed by atoms with E-state index in [1.807, 2.05) is 36.1 Å². The number of nitrogens with zero attached hydrogens (tertiary/aromatic N) is 1. The monoisotopic (exact) mass is 261 g/mol. The van der Waals surface area contributed by atoms with Crippen molar-refractivity contribution >= 4 is 5.91 Å². The number of amides is 1. The van der Waals surface area contributed by atoms with Crippen LogP contribution in [-0.4, -0.2) is 42.9 Å². The number of rotatable bonds is 1. The van der Waals surface area contributed by atoms with Crippen molar-refractivity contribution in [2.75, 3.05) is 26.3 Å². The van der Waals surface area contributed by atoms with Gasteiger partial charge < -0.3 is 14.4 Å². The van der Waals surface area contributed by atoms with Crippen molar-refractivity contribution in [1.29, 1.82) is 0 Å². The van der Waals surface area contributed by atoms with Crippen LogP contribution in [0.25, 0.3) is 0 Å². The van der Waals surface area contributed by atoms with E-state index in [0.717, 1.165) is 30.5 Å². The maximum Gasteiger partial charge on any atom is 0.254 e. The fraction of sp³-hybridized carbons (Fsp3) is 0.533. The number of benzene rings is 1. The third kappa shape index (κ3) is 2.51. The maximum absolute atomic E-state index is 12.5. The van der Waals surface area contributed by atoms with Crippen LogP contribution in [0.2, 0.25) is 0 Å². The summed E-state index contributed by atoms with van der Waals surface area (Å²) < 4.78 is 11.4. The van der Waals surface area contributed by atoms with Crippen LogP contribution >= 0.6 is 0 Å². The van der Waals surface area contributed by atoms with E-state index in [0.29, 0.717) is 19.8 Å². The second-order valence-corrected chi connectivity index (χ2v) is 5.31. The van der Waals surface area contributed by atoms with E-state index in [2.05, 4.69) is 0 Å². The highest BCUT2D eigenvalue weighted by atomic mass is 16.7. The van der Waals surface area contributed by atoms with Gasteiger partial charge in [-0.1, -0.05) is 17.7 Å². The Morgan fingerprint density at radius 2 is 2.11 bits per heavy atom. The minimum Gasteiger partial charge on any atom is -0.346 e. The topological polar surface area (TPSA) is 38.8 Å². The number of hydrogen-bond acceptors (Lipinski definition) is 3. The first-order valence-electron chi connectivity index (χ1n) is 6.82. The molecule has 102 valence electrons. The maximum atomic E-state index is 12.5. The second kappa shape index (κ2) is 4.94. The largest absolute Gasteiger partial charge is 0.346 e. The van der Waals surface area contributed by atoms with Gasteiger partial charge in [0, 0.05) is 18.5 Å². The minimum absolute atomic E-state index is 0.0712. The zero-order valence-electron chi connectivity index (χ0n) is 11.2. The summed E-state index contributed by atoms with van der Waals surface area (Å²) in [7, 11) is 0. The number of likely N-dealkylation sites (tertiary alicyclic amines) is 1. The van der Waals surface area contributed by atoms with Crippen LogP contribution in [0.3, 0.4) is 0 Å². The summed E-state index contributed by atoms with van der Waals surface area (Å²) in [6.45, 7) is 4.58. The molecule has 0 saturated carbocycles. The van der Waals surface area contributed by atoms with E-state index in [-0.39, 0.29) is 5.91 Å². The molecule has 0 N–H and O–H groups in total. The van der Waals surface area contributed by atoms with Gasteiger partial charge in [0.15, 0.2) is 5.79 Å². The standard InChI is InChI=1S/C15H19NO3/c1-12-4-2-5-13(10-12)14(17)16-7-3-6-15(11-16)18-8-9-19-15/h2,4-5,10H,3,6-9,11H2,1H3. The van der Waals surface area contributed by atoms with Crippen molar-refractivity contribution in [3.63, 3.8) is 0 Å². The third-order valence-electron chi connectivity index (χ3n) is 3.78. The molecule has 2 fully saturated rings. The number of carbonyl (C=O) groups is 1. The van der Waals surface area contributed by atoms with Gasteiger partial charge in [-0.15, -0.1) is 0 Å². The highest BCUT2D eigenvalue weighted by molar-refractivity contribution is 5.94. The van der Waals surface area contributed by atoms with Crippen molar-refractivity contribution < 1.29 is 14.3 Å². The Labute approximate surface area is 113 Å². The molecule has 1 amide bonds. The van der Waals surface area contributed by atoms with Crippen molar-refractivity contribution in [3.8, 4) is 0 Å². The molecule has 0 bridgehead atoms. The van der Waals surface area contributed by atoms with E-state index >= 15 is 0 Å². The molecule has 1 aromatic rings. The molecule has 4 heteroatoms. The fourth-order valence-corrected chi connectivity index (χ4v) is 2.85. The molecule has 2 aliphatic heterocycles. The van der Waals surface area contributed by atoms with Crippen molar-refractivity contribution in [2.24, 2.45) is 0 Å². The van der Waals surface area contributed by atoms with Gasteiger partial charge in [-0.2, -0.15) is 0 Å². The molecular weight excluding hydrogens is 242 g/mol. The highest BCUT2D eigenvalue weighted by Crippen LogP contribution is 2.30. The number of hydrogen-bond donors (Lipinski definition) is 0. The van der Waals surface area contributed by atoms with E-state index in [4.69, 9.17) is 9.47 Å². The van der Waals surface area contributed by atoms with Gasteiger partial charge in [-0.3, -0.25) is 4.79 Å². The molecule has 1 aromatic carbocycles. The van der Waals surface area contributed by atoms with Gasteiger partial charge in [0.1, 0.15) is 0 Å². The summed E-state index contributed by atoms with van der Waals surface area (Å²) in [5.41, 5.74) is 1.85. The van der Waals surface area contributed by atoms with Crippen LogP contribution in [-0.2, 0) is 9.47 Å². The molecule has 0 aromatic heterocycles. The van der Waals surface area contributed by atoms with Crippen LogP contribution < -0.4 is 0 Å². The highest BCUT2D eigenvalue weighted by Gasteiger charge is 2.42. The molecule has 0 radical (unpaired) electrons. The summed E-state index contributed by atoms with van der Waals surface area (Å²) >= 11 is 0. The molecule has 2 saturated heterocycles. The quantitative estimate of drug-likeness (QED) is 0.776. The molecule has 2 aliphatic rings. The van der Waals surface area contributed by atoms with Gasteiger partial charge in [0.25, 0.3) is 5.91 Å². The molecule has 2 heterocycles. The summed E-state index contributed by atoms with van der Waals surface area (Å²) in [5, 5.41) is 0. The predicted molar refractivity (Wildman–Crippen MR) is 71.0 cm³/mol. The summed E-state index contributed by atoms with van der Waals surface area (Å²) in [6, 6.07) is 7.72. The average molecular weight is 261 g/mol. The normalized spacial score (nSPS) is 21.8. The average Bonchev–Trinajstić information content (AvgIpc) is 2.86. The van der Waals surface area contributed by atoms with Gasteiger partial charge >= 0.3 is 0 Å². The number of piperidine rings is 1. The second-order valence-electron chi connectivity index (χ2n) is 5.31. The Balaban J connectivity index is 1.76. The first kappa shape index (κ1) is 12.6. The molecule has 0 aliphatic carbocycles.